The smallest absolute Gasteiger partial charge is 0.254 e. The monoisotopic (exact) mass is 375 g/mol. The van der Waals surface area contributed by atoms with Crippen molar-refractivity contribution in [2.75, 3.05) is 14.2 Å². The molecular weight excluding hydrogens is 358 g/mol. The minimum Gasteiger partial charge on any atom is -0.489 e. The molecule has 0 saturated carbocycles. The molecule has 0 aliphatic heterocycles. The molecule has 130 valence electrons. The van der Waals surface area contributed by atoms with Crippen LogP contribution in [0.3, 0.4) is 0 Å². The number of methoxy groups -OCH3 is 1. The van der Waals surface area contributed by atoms with Crippen molar-refractivity contribution < 1.29 is 14.3 Å². The van der Waals surface area contributed by atoms with Crippen LogP contribution in [0.15, 0.2) is 48.5 Å². The van der Waals surface area contributed by atoms with Crippen molar-refractivity contribution in [3.05, 3.63) is 64.0 Å². The fourth-order valence-electron chi connectivity index (χ4n) is 2.63. The molecule has 0 bridgehead atoms. The Kier molecular flexibility index (Phi) is 5.58. The van der Waals surface area contributed by atoms with Gasteiger partial charge in [0, 0.05) is 29.4 Å². The molecule has 2 aromatic carbocycles. The third-order valence-electron chi connectivity index (χ3n) is 3.88. The second kappa shape index (κ2) is 7.87. The summed E-state index contributed by atoms with van der Waals surface area (Å²) in [5.41, 5.74) is 0.964. The number of halogens is 1. The highest BCUT2D eigenvalue weighted by Gasteiger charge is 2.26. The van der Waals surface area contributed by atoms with Crippen molar-refractivity contribution in [2.45, 2.75) is 12.7 Å². The van der Waals surface area contributed by atoms with Crippen molar-refractivity contribution in [2.24, 2.45) is 0 Å². The number of likely N-dealkylation sites (N-methyl/N-ethyl adjacent to an activating group) is 1. The zero-order chi connectivity index (χ0) is 17.8. The van der Waals surface area contributed by atoms with Crippen LogP contribution in [0.25, 0.3) is 10.1 Å². The van der Waals surface area contributed by atoms with Crippen LogP contribution in [-0.2, 0) is 16.1 Å². The molecule has 0 aliphatic rings. The third-order valence-corrected chi connectivity index (χ3v) is 5.39. The first kappa shape index (κ1) is 17.7. The maximum Gasteiger partial charge on any atom is 0.254 e. The lowest BCUT2D eigenvalue weighted by atomic mass is 10.1. The molecule has 4 nitrogen and oxygen atoms in total. The fourth-order valence-corrected chi connectivity index (χ4v) is 4.04. The van der Waals surface area contributed by atoms with Gasteiger partial charge in [-0.25, -0.2) is 0 Å². The Bertz CT molecular complexity index is 876. The van der Waals surface area contributed by atoms with Crippen molar-refractivity contribution in [3.63, 3.8) is 0 Å². The van der Waals surface area contributed by atoms with Crippen molar-refractivity contribution in [1.29, 1.82) is 0 Å². The van der Waals surface area contributed by atoms with Crippen molar-refractivity contribution in [1.82, 2.24) is 5.32 Å². The van der Waals surface area contributed by atoms with Crippen LogP contribution in [0.2, 0.25) is 5.02 Å². The predicted molar refractivity (Wildman–Crippen MR) is 101 cm³/mol. The van der Waals surface area contributed by atoms with E-state index < -0.39 is 6.10 Å². The van der Waals surface area contributed by atoms with Crippen molar-refractivity contribution in [3.8, 4) is 5.75 Å². The van der Waals surface area contributed by atoms with E-state index in [2.05, 4.69) is 5.32 Å². The molecule has 25 heavy (non-hydrogen) atoms. The molecular formula is C19H18ClNO3S. The molecule has 0 fully saturated rings. The van der Waals surface area contributed by atoms with E-state index in [4.69, 9.17) is 21.1 Å². The average Bonchev–Trinajstić information content (AvgIpc) is 3.00. The number of ether oxygens (including phenoxy) is 2. The van der Waals surface area contributed by atoms with E-state index in [1.54, 1.807) is 30.5 Å². The molecule has 6 heteroatoms. The number of hydrogen-bond acceptors (Lipinski definition) is 4. The zero-order valence-electron chi connectivity index (χ0n) is 13.9. The highest BCUT2D eigenvalue weighted by Crippen LogP contribution is 2.37. The van der Waals surface area contributed by atoms with Crippen LogP contribution >= 0.6 is 22.9 Å². The number of rotatable bonds is 6. The van der Waals surface area contributed by atoms with E-state index >= 15 is 0 Å². The molecule has 3 rings (SSSR count). The Morgan fingerprint density at radius 1 is 1.20 bits per heavy atom. The van der Waals surface area contributed by atoms with Gasteiger partial charge in [0.15, 0.2) is 6.10 Å². The van der Waals surface area contributed by atoms with Crippen LogP contribution in [-0.4, -0.2) is 20.1 Å². The lowest BCUT2D eigenvalue weighted by Crippen LogP contribution is -2.27. The Morgan fingerprint density at radius 3 is 2.60 bits per heavy atom. The number of fused-ring (bicyclic) bond motifs is 1. The van der Waals surface area contributed by atoms with E-state index in [1.807, 2.05) is 36.4 Å². The van der Waals surface area contributed by atoms with Crippen LogP contribution in [0.5, 0.6) is 5.75 Å². The molecule has 1 heterocycles. The molecule has 0 saturated heterocycles. The summed E-state index contributed by atoms with van der Waals surface area (Å²) >= 11 is 7.46. The maximum absolute atomic E-state index is 12.2. The molecule has 0 aliphatic carbocycles. The molecule has 1 amide bonds. The van der Waals surface area contributed by atoms with Gasteiger partial charge in [0.1, 0.15) is 12.4 Å². The second-order valence-electron chi connectivity index (χ2n) is 5.41. The minimum atomic E-state index is -0.661. The fraction of sp³-hybridized carbons (Fsp3) is 0.211. The predicted octanol–water partition coefficient (Wildman–Crippen LogP) is 4.57. The highest BCUT2D eigenvalue weighted by molar-refractivity contribution is 7.19. The minimum absolute atomic E-state index is 0.179. The summed E-state index contributed by atoms with van der Waals surface area (Å²) in [7, 11) is 3.14. The lowest BCUT2D eigenvalue weighted by Gasteiger charge is -2.15. The summed E-state index contributed by atoms with van der Waals surface area (Å²) in [6, 6.07) is 15.2. The second-order valence-corrected chi connectivity index (χ2v) is 6.93. The van der Waals surface area contributed by atoms with Gasteiger partial charge < -0.3 is 14.8 Å². The Labute approximate surface area is 155 Å². The summed E-state index contributed by atoms with van der Waals surface area (Å²) in [4.78, 5) is 13.1. The summed E-state index contributed by atoms with van der Waals surface area (Å²) in [5.74, 6) is 0.543. The van der Waals surface area contributed by atoms with Gasteiger partial charge in [-0.05, 0) is 35.7 Å². The van der Waals surface area contributed by atoms with Gasteiger partial charge in [0.05, 0.1) is 4.88 Å². The standard InChI is InChI=1S/C19H18ClNO3S/c1-21-19(22)17(23-2)18-15(14-5-3-4-6-16(14)25-18)11-24-13-9-7-12(20)8-10-13/h3-10,17H,11H2,1-2H3,(H,21,22). The van der Waals surface area contributed by atoms with Gasteiger partial charge in [0.2, 0.25) is 0 Å². The summed E-state index contributed by atoms with van der Waals surface area (Å²) in [6.45, 7) is 0.345. The first-order chi connectivity index (χ1) is 12.1. The zero-order valence-corrected chi connectivity index (χ0v) is 15.5. The summed E-state index contributed by atoms with van der Waals surface area (Å²) in [5, 5.41) is 4.39. The van der Waals surface area contributed by atoms with Crippen LogP contribution in [0.4, 0.5) is 0 Å². The van der Waals surface area contributed by atoms with E-state index in [1.165, 1.54) is 7.11 Å². The van der Waals surface area contributed by atoms with Crippen LogP contribution in [0, 0.1) is 0 Å². The van der Waals surface area contributed by atoms with Crippen molar-refractivity contribution >= 4 is 38.9 Å². The Balaban J connectivity index is 1.97. The van der Waals surface area contributed by atoms with Gasteiger partial charge in [-0.15, -0.1) is 11.3 Å². The molecule has 1 N–H and O–H groups in total. The summed E-state index contributed by atoms with van der Waals surface area (Å²) in [6.07, 6.45) is -0.661. The molecule has 0 radical (unpaired) electrons. The number of benzene rings is 2. The normalized spacial score (nSPS) is 12.1. The third kappa shape index (κ3) is 3.79. The maximum atomic E-state index is 12.2. The van der Waals surface area contributed by atoms with Gasteiger partial charge in [0.25, 0.3) is 5.91 Å². The average molecular weight is 376 g/mol. The van der Waals surface area contributed by atoms with E-state index in [-0.39, 0.29) is 5.91 Å². The van der Waals surface area contributed by atoms with Gasteiger partial charge in [-0.1, -0.05) is 29.8 Å². The first-order valence-electron chi connectivity index (χ1n) is 7.77. The number of amides is 1. The topological polar surface area (TPSA) is 47.6 Å². The van der Waals surface area contributed by atoms with E-state index in [9.17, 15) is 4.79 Å². The first-order valence-corrected chi connectivity index (χ1v) is 8.96. The lowest BCUT2D eigenvalue weighted by molar-refractivity contribution is -0.130. The highest BCUT2D eigenvalue weighted by atomic mass is 35.5. The van der Waals surface area contributed by atoms with Gasteiger partial charge in [-0.3, -0.25) is 4.79 Å². The van der Waals surface area contributed by atoms with Crippen LogP contribution in [0.1, 0.15) is 16.5 Å². The van der Waals surface area contributed by atoms with E-state index in [0.29, 0.717) is 11.6 Å². The molecule has 3 aromatic rings. The summed E-state index contributed by atoms with van der Waals surface area (Å²) < 4.78 is 12.5. The Hall–Kier alpha value is -2.08. The SMILES string of the molecule is CNC(=O)C(OC)c1sc2ccccc2c1COc1ccc(Cl)cc1. The number of thiophene rings is 1. The number of carbonyl (C=O) groups excluding carboxylic acids is 1. The van der Waals surface area contributed by atoms with E-state index in [0.717, 1.165) is 26.3 Å². The van der Waals surface area contributed by atoms with Crippen LogP contribution < -0.4 is 10.1 Å². The molecule has 0 spiro atoms. The van der Waals surface area contributed by atoms with Gasteiger partial charge >= 0.3 is 0 Å². The molecule has 1 atom stereocenters. The largest absolute Gasteiger partial charge is 0.489 e. The Morgan fingerprint density at radius 2 is 1.92 bits per heavy atom. The molecule has 1 unspecified atom stereocenters. The quantitative estimate of drug-likeness (QED) is 0.686. The molecule has 1 aromatic heterocycles. The number of nitrogens with one attached hydrogen (secondary N) is 1. The number of hydrogen-bond donors (Lipinski definition) is 1. The van der Waals surface area contributed by atoms with Gasteiger partial charge in [-0.2, -0.15) is 0 Å². The number of carbonyl (C=O) groups is 1.